The zero-order valence-corrected chi connectivity index (χ0v) is 16.3. The van der Waals surface area contributed by atoms with Gasteiger partial charge in [0.1, 0.15) is 0 Å². The number of likely N-dealkylation sites (tertiary alicyclic amines) is 1. The Hall–Kier alpha value is -2.57. The van der Waals surface area contributed by atoms with Crippen molar-refractivity contribution in [2.24, 2.45) is 17.8 Å². The fourth-order valence-corrected chi connectivity index (χ4v) is 4.18. The Labute approximate surface area is 165 Å². The summed E-state index contributed by atoms with van der Waals surface area (Å²) in [5.74, 6) is -1.03. The van der Waals surface area contributed by atoms with Gasteiger partial charge in [-0.05, 0) is 42.9 Å². The van der Waals surface area contributed by atoms with Crippen LogP contribution in [-0.2, 0) is 16.1 Å². The van der Waals surface area contributed by atoms with Crippen LogP contribution in [0.5, 0.6) is 0 Å². The van der Waals surface area contributed by atoms with Gasteiger partial charge in [0.25, 0.3) is 0 Å². The van der Waals surface area contributed by atoms with E-state index in [1.807, 2.05) is 31.2 Å². The number of anilines is 1. The summed E-state index contributed by atoms with van der Waals surface area (Å²) < 4.78 is 0. The molecule has 1 saturated heterocycles. The molecule has 0 radical (unpaired) electrons. The number of aliphatic carboxylic acids is 1. The molecular formula is C21H29N3O4. The number of benzene rings is 1. The van der Waals surface area contributed by atoms with Crippen molar-refractivity contribution in [1.29, 1.82) is 0 Å². The molecule has 1 aliphatic carbocycles. The van der Waals surface area contributed by atoms with Gasteiger partial charge in [-0.1, -0.05) is 31.9 Å². The lowest BCUT2D eigenvalue weighted by molar-refractivity contribution is -0.143. The van der Waals surface area contributed by atoms with E-state index in [2.05, 4.69) is 10.6 Å². The van der Waals surface area contributed by atoms with Crippen LogP contribution in [0.3, 0.4) is 0 Å². The summed E-state index contributed by atoms with van der Waals surface area (Å²) in [5.41, 5.74) is 1.62. The number of carboxylic acid groups (broad SMARTS) is 1. The Bertz CT molecular complexity index is 730. The Morgan fingerprint density at radius 2 is 1.89 bits per heavy atom. The maximum atomic E-state index is 12.5. The Morgan fingerprint density at radius 1 is 1.14 bits per heavy atom. The number of urea groups is 1. The number of hydrogen-bond donors (Lipinski definition) is 3. The number of nitrogens with zero attached hydrogens (tertiary/aromatic N) is 1. The Morgan fingerprint density at radius 3 is 2.61 bits per heavy atom. The normalized spacial score (nSPS) is 22.7. The predicted octanol–water partition coefficient (Wildman–Crippen LogP) is 3.07. The maximum Gasteiger partial charge on any atom is 0.317 e. The van der Waals surface area contributed by atoms with Gasteiger partial charge < -0.3 is 20.6 Å². The van der Waals surface area contributed by atoms with Gasteiger partial charge in [-0.25, -0.2) is 4.79 Å². The minimum Gasteiger partial charge on any atom is -0.481 e. The highest BCUT2D eigenvalue weighted by Gasteiger charge is 2.31. The molecule has 1 aromatic rings. The molecule has 0 spiro atoms. The van der Waals surface area contributed by atoms with Crippen molar-refractivity contribution in [3.8, 4) is 0 Å². The van der Waals surface area contributed by atoms with E-state index in [0.717, 1.165) is 36.9 Å². The van der Waals surface area contributed by atoms with Gasteiger partial charge in [-0.15, -0.1) is 0 Å². The monoisotopic (exact) mass is 387 g/mol. The summed E-state index contributed by atoms with van der Waals surface area (Å²) in [6, 6.07) is 7.21. The molecule has 2 unspecified atom stereocenters. The van der Waals surface area contributed by atoms with Gasteiger partial charge in [0.15, 0.2) is 0 Å². The molecule has 2 atom stereocenters. The first-order valence-electron chi connectivity index (χ1n) is 10.1. The molecule has 0 aromatic heterocycles. The standard InChI is InChI=1S/C21H29N3O4/c1-14-9-17(20(26)27)13-24(12-14)21(28)22-11-15-5-4-8-18(10-15)23-19(25)16-6-2-3-7-16/h4-5,8,10,14,16-17H,2-3,6-7,9,11-13H2,1H3,(H,22,28)(H,23,25)(H,26,27). The van der Waals surface area contributed by atoms with Crippen LogP contribution >= 0.6 is 0 Å². The summed E-state index contributed by atoms with van der Waals surface area (Å²) in [5, 5.41) is 15.1. The number of nitrogens with one attached hydrogen (secondary N) is 2. The van der Waals surface area contributed by atoms with Gasteiger partial charge in [0, 0.05) is 31.2 Å². The Kier molecular flexibility index (Phi) is 6.54. The molecule has 3 rings (SSSR count). The van der Waals surface area contributed by atoms with Crippen LogP contribution in [0.4, 0.5) is 10.5 Å². The third kappa shape index (κ3) is 5.24. The van der Waals surface area contributed by atoms with E-state index in [9.17, 15) is 19.5 Å². The summed E-state index contributed by atoms with van der Waals surface area (Å²) in [6.45, 7) is 3.09. The van der Waals surface area contributed by atoms with Crippen LogP contribution in [0, 0.1) is 17.8 Å². The van der Waals surface area contributed by atoms with Crippen LogP contribution in [0.25, 0.3) is 0 Å². The zero-order chi connectivity index (χ0) is 20.1. The van der Waals surface area contributed by atoms with Crippen LogP contribution < -0.4 is 10.6 Å². The summed E-state index contributed by atoms with van der Waals surface area (Å²) in [7, 11) is 0. The largest absolute Gasteiger partial charge is 0.481 e. The van der Waals surface area contributed by atoms with Crippen molar-refractivity contribution in [1.82, 2.24) is 10.2 Å². The first-order valence-corrected chi connectivity index (χ1v) is 10.1. The molecule has 1 aliphatic heterocycles. The fraction of sp³-hybridized carbons (Fsp3) is 0.571. The highest BCUT2D eigenvalue weighted by molar-refractivity contribution is 5.92. The summed E-state index contributed by atoms with van der Waals surface area (Å²) in [4.78, 5) is 37.6. The van der Waals surface area contributed by atoms with E-state index in [4.69, 9.17) is 0 Å². The van der Waals surface area contributed by atoms with Crippen molar-refractivity contribution in [3.05, 3.63) is 29.8 Å². The predicted molar refractivity (Wildman–Crippen MR) is 106 cm³/mol. The van der Waals surface area contributed by atoms with E-state index in [1.165, 1.54) is 0 Å². The Balaban J connectivity index is 1.53. The molecule has 2 aliphatic rings. The van der Waals surface area contributed by atoms with Gasteiger partial charge in [0.2, 0.25) is 5.91 Å². The minimum absolute atomic E-state index is 0.0701. The first kappa shape index (κ1) is 20.2. The number of rotatable bonds is 5. The van der Waals surface area contributed by atoms with Crippen LogP contribution in [-0.4, -0.2) is 41.0 Å². The molecule has 1 saturated carbocycles. The zero-order valence-electron chi connectivity index (χ0n) is 16.3. The van der Waals surface area contributed by atoms with Crippen LogP contribution in [0.1, 0.15) is 44.6 Å². The fourth-order valence-electron chi connectivity index (χ4n) is 4.18. The van der Waals surface area contributed by atoms with Crippen molar-refractivity contribution in [3.63, 3.8) is 0 Å². The van der Waals surface area contributed by atoms with E-state index in [-0.39, 0.29) is 30.3 Å². The van der Waals surface area contributed by atoms with Gasteiger partial charge in [-0.3, -0.25) is 9.59 Å². The molecule has 7 heteroatoms. The molecule has 0 bridgehead atoms. The number of carbonyl (C=O) groups excluding carboxylic acids is 2. The summed E-state index contributed by atoms with van der Waals surface area (Å²) in [6.07, 6.45) is 4.73. The number of hydrogen-bond acceptors (Lipinski definition) is 3. The summed E-state index contributed by atoms with van der Waals surface area (Å²) >= 11 is 0. The third-order valence-corrected chi connectivity index (χ3v) is 5.66. The molecule has 152 valence electrons. The van der Waals surface area contributed by atoms with Crippen molar-refractivity contribution >= 4 is 23.6 Å². The number of carboxylic acids is 1. The number of carbonyl (C=O) groups is 3. The highest BCUT2D eigenvalue weighted by atomic mass is 16.4. The van der Waals surface area contributed by atoms with Gasteiger partial charge in [0.05, 0.1) is 5.92 Å². The molecule has 3 amide bonds. The van der Waals surface area contributed by atoms with Crippen molar-refractivity contribution < 1.29 is 19.5 Å². The second kappa shape index (κ2) is 9.08. The lowest BCUT2D eigenvalue weighted by Gasteiger charge is -2.34. The number of amides is 3. The van der Waals surface area contributed by atoms with E-state index in [1.54, 1.807) is 4.90 Å². The molecular weight excluding hydrogens is 358 g/mol. The molecule has 3 N–H and O–H groups in total. The molecule has 1 heterocycles. The lowest BCUT2D eigenvalue weighted by Crippen LogP contribution is -2.49. The second-order valence-electron chi connectivity index (χ2n) is 8.11. The first-order chi connectivity index (χ1) is 13.4. The number of piperidine rings is 1. The molecule has 1 aromatic carbocycles. The van der Waals surface area contributed by atoms with Crippen molar-refractivity contribution in [2.45, 2.75) is 45.6 Å². The van der Waals surface area contributed by atoms with Crippen LogP contribution in [0.2, 0.25) is 0 Å². The topological polar surface area (TPSA) is 98.7 Å². The second-order valence-corrected chi connectivity index (χ2v) is 8.11. The third-order valence-electron chi connectivity index (χ3n) is 5.66. The van der Waals surface area contributed by atoms with Crippen molar-refractivity contribution in [2.75, 3.05) is 18.4 Å². The quantitative estimate of drug-likeness (QED) is 0.723. The maximum absolute atomic E-state index is 12.5. The SMILES string of the molecule is CC1CC(C(=O)O)CN(C(=O)NCc2cccc(NC(=O)C3CCCC3)c2)C1. The molecule has 2 fully saturated rings. The minimum atomic E-state index is -0.852. The molecule has 7 nitrogen and oxygen atoms in total. The van der Waals surface area contributed by atoms with Crippen LogP contribution in [0.15, 0.2) is 24.3 Å². The smallest absolute Gasteiger partial charge is 0.317 e. The molecule has 28 heavy (non-hydrogen) atoms. The van der Waals surface area contributed by atoms with Gasteiger partial charge >= 0.3 is 12.0 Å². The average molecular weight is 387 g/mol. The lowest BCUT2D eigenvalue weighted by atomic mass is 9.91. The van der Waals surface area contributed by atoms with E-state index in [0.29, 0.717) is 19.5 Å². The highest BCUT2D eigenvalue weighted by Crippen LogP contribution is 2.26. The van der Waals surface area contributed by atoms with E-state index >= 15 is 0 Å². The average Bonchev–Trinajstić information content (AvgIpc) is 3.21. The van der Waals surface area contributed by atoms with Gasteiger partial charge in [-0.2, -0.15) is 0 Å². The van der Waals surface area contributed by atoms with E-state index < -0.39 is 11.9 Å².